The number of halogens is 1. The predicted molar refractivity (Wildman–Crippen MR) is 133 cm³/mol. The molecule has 1 aromatic heterocycles. The summed E-state index contributed by atoms with van der Waals surface area (Å²) in [5, 5.41) is 22.3. The van der Waals surface area contributed by atoms with Crippen molar-refractivity contribution in [3.63, 3.8) is 0 Å². The molecule has 0 bridgehead atoms. The maximum atomic E-state index is 14.7. The van der Waals surface area contributed by atoms with Crippen molar-refractivity contribution in [2.75, 3.05) is 32.5 Å². The Morgan fingerprint density at radius 2 is 2.06 bits per heavy atom. The van der Waals surface area contributed by atoms with Gasteiger partial charge in [0.1, 0.15) is 11.6 Å². The molecule has 0 radical (unpaired) electrons. The summed E-state index contributed by atoms with van der Waals surface area (Å²) in [6, 6.07) is 5.13. The Morgan fingerprint density at radius 1 is 1.32 bits per heavy atom. The molecule has 0 spiro atoms. The molecule has 186 valence electrons. The van der Waals surface area contributed by atoms with E-state index in [0.29, 0.717) is 35.9 Å². The van der Waals surface area contributed by atoms with Crippen LogP contribution in [-0.2, 0) is 4.79 Å². The van der Waals surface area contributed by atoms with Crippen LogP contribution in [0.5, 0.6) is 5.75 Å². The monoisotopic (exact) mass is 490 g/mol. The Balaban J connectivity index is 1.37. The summed E-state index contributed by atoms with van der Waals surface area (Å²) < 4.78 is 20.0. The lowest BCUT2D eigenvalue weighted by Crippen LogP contribution is -2.45. The number of hydrogen-bond donors (Lipinski definition) is 2. The van der Waals surface area contributed by atoms with Crippen molar-refractivity contribution in [3.8, 4) is 5.75 Å². The SMILES string of the molecule is COc1ccc2ncc(F)c(C(O)CCC3(C(=O)O)CCN(CCSC4CCCC4)CC3)c2c1. The third-order valence-electron chi connectivity index (χ3n) is 7.63. The fourth-order valence-corrected chi connectivity index (χ4v) is 6.73. The summed E-state index contributed by atoms with van der Waals surface area (Å²) in [7, 11) is 1.53. The number of aliphatic hydroxyl groups excluding tert-OH is 1. The number of hydrogen-bond acceptors (Lipinski definition) is 6. The van der Waals surface area contributed by atoms with Gasteiger partial charge in [-0.2, -0.15) is 11.8 Å². The van der Waals surface area contributed by atoms with Crippen molar-refractivity contribution in [2.45, 2.75) is 62.7 Å². The summed E-state index contributed by atoms with van der Waals surface area (Å²) in [6.07, 6.45) is 6.94. The first kappa shape index (κ1) is 25.2. The fraction of sp³-hybridized carbons (Fsp3) is 0.615. The summed E-state index contributed by atoms with van der Waals surface area (Å²) in [5.74, 6) is 0.240. The molecule has 8 heteroatoms. The zero-order valence-electron chi connectivity index (χ0n) is 19.8. The van der Waals surface area contributed by atoms with Gasteiger partial charge in [0.05, 0.1) is 30.3 Å². The number of likely N-dealkylation sites (tertiary alicyclic amines) is 1. The third kappa shape index (κ3) is 5.66. The van der Waals surface area contributed by atoms with E-state index in [1.165, 1.54) is 32.8 Å². The molecule has 1 aliphatic heterocycles. The first-order chi connectivity index (χ1) is 16.4. The summed E-state index contributed by atoms with van der Waals surface area (Å²) in [6.45, 7) is 2.49. The van der Waals surface area contributed by atoms with Crippen LogP contribution in [0.15, 0.2) is 24.4 Å². The van der Waals surface area contributed by atoms with Crippen LogP contribution < -0.4 is 4.74 Å². The van der Waals surface area contributed by atoms with Crippen LogP contribution in [0, 0.1) is 11.2 Å². The zero-order chi connectivity index (χ0) is 24.1. The molecule has 6 nitrogen and oxygen atoms in total. The number of nitrogens with zero attached hydrogens (tertiary/aromatic N) is 2. The van der Waals surface area contributed by atoms with Gasteiger partial charge in [0.2, 0.25) is 0 Å². The third-order valence-corrected chi connectivity index (χ3v) is 8.99. The van der Waals surface area contributed by atoms with E-state index < -0.39 is 23.3 Å². The van der Waals surface area contributed by atoms with Crippen molar-refractivity contribution < 1.29 is 24.1 Å². The first-order valence-corrected chi connectivity index (χ1v) is 13.3. The number of benzene rings is 1. The van der Waals surface area contributed by atoms with E-state index in [0.717, 1.165) is 36.8 Å². The number of aliphatic hydroxyl groups is 1. The van der Waals surface area contributed by atoms with Gasteiger partial charge in [0.15, 0.2) is 0 Å². The second kappa shape index (κ2) is 11.2. The van der Waals surface area contributed by atoms with Crippen molar-refractivity contribution in [1.29, 1.82) is 0 Å². The molecule has 1 saturated carbocycles. The van der Waals surface area contributed by atoms with Crippen LogP contribution in [0.3, 0.4) is 0 Å². The van der Waals surface area contributed by atoms with E-state index >= 15 is 0 Å². The largest absolute Gasteiger partial charge is 0.497 e. The van der Waals surface area contributed by atoms with Gasteiger partial charge in [-0.1, -0.05) is 12.8 Å². The number of aliphatic carboxylic acids is 1. The summed E-state index contributed by atoms with van der Waals surface area (Å²) in [4.78, 5) is 18.7. The van der Waals surface area contributed by atoms with Gasteiger partial charge in [-0.25, -0.2) is 4.39 Å². The van der Waals surface area contributed by atoms with Crippen molar-refractivity contribution >= 4 is 28.6 Å². The molecule has 2 aliphatic rings. The van der Waals surface area contributed by atoms with E-state index in [-0.39, 0.29) is 12.0 Å². The highest BCUT2D eigenvalue weighted by Crippen LogP contribution is 2.40. The van der Waals surface area contributed by atoms with Crippen molar-refractivity contribution in [2.24, 2.45) is 5.41 Å². The number of fused-ring (bicyclic) bond motifs is 1. The molecule has 4 rings (SSSR count). The molecule has 2 heterocycles. The number of carboxylic acids is 1. The van der Waals surface area contributed by atoms with Gasteiger partial charge >= 0.3 is 5.97 Å². The van der Waals surface area contributed by atoms with Gasteiger partial charge in [0, 0.05) is 28.5 Å². The number of pyridine rings is 1. The second-order valence-electron chi connectivity index (χ2n) is 9.66. The fourth-order valence-electron chi connectivity index (χ4n) is 5.37. The summed E-state index contributed by atoms with van der Waals surface area (Å²) >= 11 is 2.06. The Hall–Kier alpha value is -1.90. The van der Waals surface area contributed by atoms with Crippen LogP contribution in [0.25, 0.3) is 10.9 Å². The molecule has 34 heavy (non-hydrogen) atoms. The highest BCUT2D eigenvalue weighted by Gasteiger charge is 2.41. The quantitative estimate of drug-likeness (QED) is 0.483. The highest BCUT2D eigenvalue weighted by molar-refractivity contribution is 7.99. The molecule has 1 atom stereocenters. The first-order valence-electron chi connectivity index (χ1n) is 12.3. The van der Waals surface area contributed by atoms with Crippen LogP contribution in [0.4, 0.5) is 4.39 Å². The molecule has 2 aromatic rings. The standard InChI is InChI=1S/C26H35FN2O4S/c1-33-18-6-7-22-20(16-18)24(21(27)17-28-22)23(30)8-9-26(25(31)32)10-12-29(13-11-26)14-15-34-19-4-2-3-5-19/h6-7,16-17,19,23,30H,2-5,8-15H2,1H3,(H,31,32). The van der Waals surface area contributed by atoms with E-state index in [2.05, 4.69) is 21.6 Å². The van der Waals surface area contributed by atoms with Crippen LogP contribution in [0.1, 0.15) is 63.0 Å². The minimum Gasteiger partial charge on any atom is -0.497 e. The maximum Gasteiger partial charge on any atom is 0.309 e. The van der Waals surface area contributed by atoms with Crippen LogP contribution in [0.2, 0.25) is 0 Å². The average Bonchev–Trinajstić information content (AvgIpc) is 3.36. The molecule has 1 aromatic carbocycles. The number of aromatic nitrogens is 1. The molecule has 1 saturated heterocycles. The van der Waals surface area contributed by atoms with Gasteiger partial charge in [0.25, 0.3) is 0 Å². The Labute approximate surface area is 204 Å². The van der Waals surface area contributed by atoms with E-state index in [4.69, 9.17) is 4.74 Å². The molecule has 1 aliphatic carbocycles. The van der Waals surface area contributed by atoms with E-state index in [1.807, 2.05) is 0 Å². The number of piperidine rings is 1. The Morgan fingerprint density at radius 3 is 2.74 bits per heavy atom. The smallest absolute Gasteiger partial charge is 0.309 e. The number of carboxylic acid groups (broad SMARTS) is 1. The van der Waals surface area contributed by atoms with Gasteiger partial charge in [-0.05, 0) is 69.8 Å². The van der Waals surface area contributed by atoms with Gasteiger partial charge < -0.3 is 19.8 Å². The summed E-state index contributed by atoms with van der Waals surface area (Å²) in [5.41, 5.74) is -0.161. The Kier molecular flexibility index (Phi) is 8.32. The molecule has 2 N–H and O–H groups in total. The second-order valence-corrected chi connectivity index (χ2v) is 11.1. The number of rotatable bonds is 10. The van der Waals surface area contributed by atoms with Crippen molar-refractivity contribution in [3.05, 3.63) is 35.8 Å². The normalized spacial score (nSPS) is 20.0. The van der Waals surface area contributed by atoms with E-state index in [9.17, 15) is 19.4 Å². The minimum absolute atomic E-state index is 0.158. The topological polar surface area (TPSA) is 82.9 Å². The van der Waals surface area contributed by atoms with Gasteiger partial charge in [-0.15, -0.1) is 0 Å². The molecular formula is C26H35FN2O4S. The molecule has 1 unspecified atom stereocenters. The highest BCUT2D eigenvalue weighted by atomic mass is 32.2. The molecule has 0 amide bonds. The van der Waals surface area contributed by atoms with Crippen molar-refractivity contribution in [1.82, 2.24) is 9.88 Å². The molecule has 2 fully saturated rings. The Bertz CT molecular complexity index is 990. The molecular weight excluding hydrogens is 455 g/mol. The maximum absolute atomic E-state index is 14.7. The lowest BCUT2D eigenvalue weighted by molar-refractivity contribution is -0.153. The van der Waals surface area contributed by atoms with E-state index in [1.54, 1.807) is 18.2 Å². The number of carbonyl (C=O) groups is 1. The number of ether oxygens (including phenoxy) is 1. The average molecular weight is 491 g/mol. The lowest BCUT2D eigenvalue weighted by atomic mass is 9.74. The lowest BCUT2D eigenvalue weighted by Gasteiger charge is -2.39. The zero-order valence-corrected chi connectivity index (χ0v) is 20.7. The number of thioether (sulfide) groups is 1. The minimum atomic E-state index is -1.12. The number of methoxy groups -OCH3 is 1. The predicted octanol–water partition coefficient (Wildman–Crippen LogP) is 5.04. The van der Waals surface area contributed by atoms with Gasteiger partial charge in [-0.3, -0.25) is 9.78 Å². The van der Waals surface area contributed by atoms with Crippen LogP contribution in [-0.4, -0.2) is 63.8 Å². The van der Waals surface area contributed by atoms with Crippen LogP contribution >= 0.6 is 11.8 Å².